The van der Waals surface area contributed by atoms with Crippen LogP contribution in [0.4, 0.5) is 0 Å². The van der Waals surface area contributed by atoms with Gasteiger partial charge in [-0.2, -0.15) is 4.31 Å². The molecule has 0 fully saturated rings. The number of hydrogen-bond acceptors (Lipinski definition) is 6. The number of benzene rings is 1. The summed E-state index contributed by atoms with van der Waals surface area (Å²) in [6.07, 6.45) is 3.35. The molecule has 0 saturated carbocycles. The highest BCUT2D eigenvalue weighted by Gasteiger charge is 2.38. The molecule has 2 aromatic rings. The number of aliphatic hydroxyl groups is 1. The van der Waals surface area contributed by atoms with Gasteiger partial charge in [-0.25, -0.2) is 8.42 Å². The Kier molecular flexibility index (Phi) is 9.12. The fourth-order valence-electron chi connectivity index (χ4n) is 3.95. The zero-order valence-corrected chi connectivity index (χ0v) is 22.3. The van der Waals surface area contributed by atoms with Crippen molar-refractivity contribution >= 4 is 15.9 Å². The number of sulfonamides is 1. The van der Waals surface area contributed by atoms with Crippen molar-refractivity contribution in [2.45, 2.75) is 51.2 Å². The van der Waals surface area contributed by atoms with Gasteiger partial charge in [0.05, 0.1) is 13.2 Å². The van der Waals surface area contributed by atoms with Crippen LogP contribution in [0.15, 0.2) is 47.6 Å². The molecular weight excluding hydrogens is 478 g/mol. The van der Waals surface area contributed by atoms with Crippen molar-refractivity contribution in [3.05, 3.63) is 53.9 Å². The predicted molar refractivity (Wildman–Crippen MR) is 138 cm³/mol. The Morgan fingerprint density at radius 2 is 1.94 bits per heavy atom. The Morgan fingerprint density at radius 3 is 2.58 bits per heavy atom. The minimum Gasteiger partial charge on any atom is -0.487 e. The Balaban J connectivity index is 2.00. The molecule has 1 aliphatic heterocycles. The number of pyridine rings is 1. The van der Waals surface area contributed by atoms with Gasteiger partial charge in [0.15, 0.2) is 0 Å². The van der Waals surface area contributed by atoms with E-state index < -0.39 is 22.2 Å². The number of fused-ring (bicyclic) bond motifs is 1. The summed E-state index contributed by atoms with van der Waals surface area (Å²) in [4.78, 5) is 18.5. The van der Waals surface area contributed by atoms with E-state index in [1.165, 1.54) is 10.4 Å². The average molecular weight is 514 g/mol. The molecule has 1 aliphatic rings. The van der Waals surface area contributed by atoms with E-state index in [9.17, 15) is 18.3 Å². The highest BCUT2D eigenvalue weighted by Crippen LogP contribution is 2.34. The third-order valence-corrected chi connectivity index (χ3v) is 8.16. The monoisotopic (exact) mass is 513 g/mol. The number of hydrogen-bond donors (Lipinski definition) is 1. The standard InChI is InChI=1S/C27H35N3O5S/c1-19(2)7-6-8-22-9-10-26-24(15-22)35-25(17-29(5)27(32)23-11-13-28-14-12-23)20(3)16-30(21(4)18-31)36(26,33)34/h9-15,19-21,25,31H,7,16-18H2,1-5H3/t20-,21+,25-/m1/s1. The van der Waals surface area contributed by atoms with Gasteiger partial charge >= 0.3 is 0 Å². The van der Waals surface area contributed by atoms with Gasteiger partial charge in [-0.1, -0.05) is 32.6 Å². The largest absolute Gasteiger partial charge is 0.487 e. The van der Waals surface area contributed by atoms with Crippen LogP contribution in [0, 0.1) is 23.7 Å². The summed E-state index contributed by atoms with van der Waals surface area (Å²) in [7, 11) is -2.24. The van der Waals surface area contributed by atoms with Crippen molar-refractivity contribution in [2.24, 2.45) is 11.8 Å². The van der Waals surface area contributed by atoms with Crippen molar-refractivity contribution in [2.75, 3.05) is 26.7 Å². The van der Waals surface area contributed by atoms with Crippen molar-refractivity contribution in [1.29, 1.82) is 0 Å². The summed E-state index contributed by atoms with van der Waals surface area (Å²) >= 11 is 0. The lowest BCUT2D eigenvalue weighted by Gasteiger charge is -2.37. The number of nitrogens with zero attached hydrogens (tertiary/aromatic N) is 3. The van der Waals surface area contributed by atoms with Gasteiger partial charge in [-0.05, 0) is 43.2 Å². The lowest BCUT2D eigenvalue weighted by Crippen LogP contribution is -2.50. The summed E-state index contributed by atoms with van der Waals surface area (Å²) in [6, 6.07) is 7.52. The summed E-state index contributed by atoms with van der Waals surface area (Å²) < 4.78 is 34.8. The number of amides is 1. The fraction of sp³-hybridized carbons (Fsp3) is 0.481. The minimum absolute atomic E-state index is 0.0252. The Hall–Kier alpha value is -2.93. The molecule has 0 unspecified atom stereocenters. The number of aliphatic hydroxyl groups excluding tert-OH is 1. The molecule has 0 spiro atoms. The van der Waals surface area contributed by atoms with Gasteiger partial charge < -0.3 is 14.7 Å². The lowest BCUT2D eigenvalue weighted by atomic mass is 10.0. The van der Waals surface area contributed by atoms with Gasteiger partial charge in [0, 0.05) is 55.5 Å². The first kappa shape index (κ1) is 27.7. The molecule has 0 bridgehead atoms. The van der Waals surface area contributed by atoms with Crippen molar-refractivity contribution in [3.8, 4) is 17.6 Å². The third kappa shape index (κ3) is 6.44. The van der Waals surface area contributed by atoms with E-state index in [0.717, 1.165) is 6.42 Å². The number of likely N-dealkylation sites (N-methyl/N-ethyl adjacent to an activating group) is 1. The fourth-order valence-corrected chi connectivity index (χ4v) is 5.77. The summed E-state index contributed by atoms with van der Waals surface area (Å²) in [5, 5.41) is 9.80. The molecule has 3 rings (SSSR count). The molecule has 0 aliphatic carbocycles. The van der Waals surface area contributed by atoms with E-state index in [0.29, 0.717) is 17.0 Å². The zero-order valence-electron chi connectivity index (χ0n) is 21.5. The molecule has 1 aromatic heterocycles. The van der Waals surface area contributed by atoms with Crippen LogP contribution >= 0.6 is 0 Å². The van der Waals surface area contributed by atoms with E-state index in [1.54, 1.807) is 55.5 Å². The molecule has 2 heterocycles. The van der Waals surface area contributed by atoms with Gasteiger partial charge in [0.2, 0.25) is 10.0 Å². The van der Waals surface area contributed by atoms with Crippen LogP contribution in [0.2, 0.25) is 0 Å². The maximum absolute atomic E-state index is 13.6. The van der Waals surface area contributed by atoms with Crippen LogP contribution < -0.4 is 4.74 Å². The number of carbonyl (C=O) groups is 1. The second-order valence-electron chi connectivity index (χ2n) is 9.72. The molecule has 0 saturated heterocycles. The predicted octanol–water partition coefficient (Wildman–Crippen LogP) is 3.02. The first-order valence-electron chi connectivity index (χ1n) is 12.1. The summed E-state index contributed by atoms with van der Waals surface area (Å²) in [5.41, 5.74) is 1.16. The second kappa shape index (κ2) is 11.9. The van der Waals surface area contributed by atoms with Crippen LogP contribution in [-0.2, 0) is 10.0 Å². The number of rotatable bonds is 6. The van der Waals surface area contributed by atoms with Gasteiger partial charge in [-0.3, -0.25) is 9.78 Å². The number of ether oxygens (including phenoxy) is 1. The second-order valence-corrected chi connectivity index (χ2v) is 11.6. The van der Waals surface area contributed by atoms with E-state index in [2.05, 4.69) is 30.7 Å². The Bertz CT molecular complexity index is 1220. The van der Waals surface area contributed by atoms with Crippen LogP contribution in [0.25, 0.3) is 0 Å². The van der Waals surface area contributed by atoms with Crippen LogP contribution in [0.3, 0.4) is 0 Å². The van der Waals surface area contributed by atoms with Gasteiger partial charge in [-0.15, -0.1) is 0 Å². The molecule has 8 nitrogen and oxygen atoms in total. The molecular formula is C27H35N3O5S. The van der Waals surface area contributed by atoms with E-state index in [1.807, 2.05) is 6.92 Å². The molecule has 9 heteroatoms. The third-order valence-electron chi connectivity index (χ3n) is 6.14. The minimum atomic E-state index is -3.94. The molecule has 3 atom stereocenters. The molecule has 1 amide bonds. The first-order valence-corrected chi connectivity index (χ1v) is 13.6. The molecule has 1 N–H and O–H groups in total. The number of carbonyl (C=O) groups excluding carboxylic acids is 1. The maximum atomic E-state index is 13.6. The van der Waals surface area contributed by atoms with Crippen molar-refractivity contribution < 1.29 is 23.1 Å². The smallest absolute Gasteiger partial charge is 0.253 e. The van der Waals surface area contributed by atoms with Crippen molar-refractivity contribution in [3.63, 3.8) is 0 Å². The first-order chi connectivity index (χ1) is 17.0. The average Bonchev–Trinajstić information content (AvgIpc) is 2.85. The topological polar surface area (TPSA) is 100 Å². The Labute approximate surface area is 214 Å². The highest BCUT2D eigenvalue weighted by atomic mass is 32.2. The summed E-state index contributed by atoms with van der Waals surface area (Å²) in [5.74, 6) is 6.38. The van der Waals surface area contributed by atoms with Gasteiger partial charge in [0.25, 0.3) is 5.91 Å². The Morgan fingerprint density at radius 1 is 1.25 bits per heavy atom. The van der Waals surface area contributed by atoms with Crippen LogP contribution in [0.1, 0.15) is 50.0 Å². The van der Waals surface area contributed by atoms with Gasteiger partial charge in [0.1, 0.15) is 16.7 Å². The van der Waals surface area contributed by atoms with E-state index in [-0.39, 0.29) is 42.2 Å². The SMILES string of the molecule is CC(C)CC#Cc1ccc2c(c1)O[C@H](CN(C)C(=O)c1ccncc1)[C@H](C)CN([C@@H](C)CO)S2(=O)=O. The quantitative estimate of drug-likeness (QED) is 0.596. The molecule has 0 radical (unpaired) electrons. The molecule has 1 aromatic carbocycles. The highest BCUT2D eigenvalue weighted by molar-refractivity contribution is 7.89. The molecule has 194 valence electrons. The zero-order chi connectivity index (χ0) is 26.5. The normalized spacial score (nSPS) is 20.2. The molecule has 36 heavy (non-hydrogen) atoms. The number of aromatic nitrogens is 1. The lowest BCUT2D eigenvalue weighted by molar-refractivity contribution is 0.0563. The summed E-state index contributed by atoms with van der Waals surface area (Å²) in [6.45, 7) is 7.79. The van der Waals surface area contributed by atoms with Crippen LogP contribution in [0.5, 0.6) is 5.75 Å². The maximum Gasteiger partial charge on any atom is 0.253 e. The van der Waals surface area contributed by atoms with E-state index >= 15 is 0 Å². The van der Waals surface area contributed by atoms with E-state index in [4.69, 9.17) is 4.74 Å². The van der Waals surface area contributed by atoms with Crippen molar-refractivity contribution in [1.82, 2.24) is 14.2 Å². The van der Waals surface area contributed by atoms with Crippen LogP contribution in [-0.4, -0.2) is 72.5 Å².